The third-order valence-corrected chi connectivity index (χ3v) is 4.97. The van der Waals surface area contributed by atoms with E-state index in [0.29, 0.717) is 39.1 Å². The molecule has 8 heteroatoms. The van der Waals surface area contributed by atoms with Crippen molar-refractivity contribution >= 4 is 17.9 Å². The quantitative estimate of drug-likeness (QED) is 0.778. The van der Waals surface area contributed by atoms with E-state index in [0.717, 1.165) is 5.75 Å². The van der Waals surface area contributed by atoms with Gasteiger partial charge in [0, 0.05) is 26.1 Å². The average Bonchev–Trinajstić information content (AvgIpc) is 3.02. The Balaban J connectivity index is 1.43. The Hall–Kier alpha value is -2.77. The Morgan fingerprint density at radius 1 is 1.22 bits per heavy atom. The molecule has 0 bridgehead atoms. The van der Waals surface area contributed by atoms with E-state index in [1.807, 2.05) is 30.3 Å². The molecule has 0 saturated carbocycles. The Bertz CT molecular complexity index is 681. The number of rotatable bonds is 6. The molecule has 2 aliphatic heterocycles. The summed E-state index contributed by atoms with van der Waals surface area (Å²) in [6.07, 6.45) is 1.53. The van der Waals surface area contributed by atoms with Crippen molar-refractivity contribution < 1.29 is 24.2 Å². The number of piperidine rings is 1. The molecular formula is C19H25N3O5. The lowest BCUT2D eigenvalue weighted by molar-refractivity contribution is -0.143. The van der Waals surface area contributed by atoms with E-state index in [4.69, 9.17) is 9.84 Å². The van der Waals surface area contributed by atoms with Crippen molar-refractivity contribution in [1.82, 2.24) is 15.1 Å². The van der Waals surface area contributed by atoms with E-state index in [2.05, 4.69) is 5.32 Å². The van der Waals surface area contributed by atoms with Gasteiger partial charge in [-0.1, -0.05) is 18.2 Å². The number of carbonyl (C=O) groups is 3. The predicted octanol–water partition coefficient (Wildman–Crippen LogP) is 1.17. The number of nitrogens with zero attached hydrogens (tertiary/aromatic N) is 2. The van der Waals surface area contributed by atoms with E-state index in [1.165, 1.54) is 4.90 Å². The Kier molecular flexibility index (Phi) is 6.16. The van der Waals surface area contributed by atoms with Crippen LogP contribution >= 0.6 is 0 Å². The van der Waals surface area contributed by atoms with Crippen molar-refractivity contribution in [2.75, 3.05) is 32.8 Å². The minimum Gasteiger partial charge on any atom is -0.492 e. The first-order chi connectivity index (χ1) is 13.0. The van der Waals surface area contributed by atoms with Crippen LogP contribution in [0.25, 0.3) is 0 Å². The molecule has 2 fully saturated rings. The van der Waals surface area contributed by atoms with Gasteiger partial charge >= 0.3 is 12.0 Å². The van der Waals surface area contributed by atoms with Gasteiger partial charge in [0.05, 0.1) is 18.5 Å². The van der Waals surface area contributed by atoms with Crippen LogP contribution in [0.3, 0.4) is 0 Å². The molecule has 27 heavy (non-hydrogen) atoms. The van der Waals surface area contributed by atoms with Gasteiger partial charge in [-0.3, -0.25) is 9.59 Å². The number of benzene rings is 1. The fourth-order valence-corrected chi connectivity index (χ4v) is 3.50. The van der Waals surface area contributed by atoms with E-state index >= 15 is 0 Å². The van der Waals surface area contributed by atoms with Crippen molar-refractivity contribution in [3.05, 3.63) is 30.3 Å². The molecule has 2 atom stereocenters. The Morgan fingerprint density at radius 3 is 2.74 bits per heavy atom. The maximum absolute atomic E-state index is 12.4. The van der Waals surface area contributed by atoms with E-state index in [1.54, 1.807) is 4.90 Å². The van der Waals surface area contributed by atoms with Crippen molar-refractivity contribution in [2.45, 2.75) is 25.3 Å². The number of aliphatic carboxylic acids is 1. The maximum atomic E-state index is 12.4. The summed E-state index contributed by atoms with van der Waals surface area (Å²) in [5, 5.41) is 12.0. The topological polar surface area (TPSA) is 99.2 Å². The summed E-state index contributed by atoms with van der Waals surface area (Å²) in [5.41, 5.74) is 0. The number of urea groups is 1. The Morgan fingerprint density at radius 2 is 2.00 bits per heavy atom. The number of amides is 3. The second kappa shape index (κ2) is 8.75. The molecule has 0 aromatic heterocycles. The lowest BCUT2D eigenvalue weighted by Gasteiger charge is -2.31. The van der Waals surface area contributed by atoms with Crippen LogP contribution in [0.4, 0.5) is 4.79 Å². The molecule has 2 aliphatic rings. The summed E-state index contributed by atoms with van der Waals surface area (Å²) in [6.45, 7) is 2.06. The van der Waals surface area contributed by atoms with Crippen LogP contribution in [0.15, 0.2) is 30.3 Å². The minimum atomic E-state index is -0.867. The number of para-hydroxylation sites is 1. The van der Waals surface area contributed by atoms with Gasteiger partial charge in [0.15, 0.2) is 0 Å². The fraction of sp³-hybridized carbons (Fsp3) is 0.526. The summed E-state index contributed by atoms with van der Waals surface area (Å²) < 4.78 is 5.62. The molecule has 2 saturated heterocycles. The maximum Gasteiger partial charge on any atom is 0.317 e. The highest BCUT2D eigenvalue weighted by Crippen LogP contribution is 2.18. The molecular weight excluding hydrogens is 350 g/mol. The first-order valence-electron chi connectivity index (χ1n) is 9.27. The SMILES string of the molecule is O=C(O)C1CCCN(C(=O)NC2CC(=O)N(CCOc3ccccc3)C2)C1. The van der Waals surface area contributed by atoms with Crippen LogP contribution < -0.4 is 10.1 Å². The number of nitrogens with one attached hydrogen (secondary N) is 1. The van der Waals surface area contributed by atoms with Crippen LogP contribution in [0.2, 0.25) is 0 Å². The highest BCUT2D eigenvalue weighted by atomic mass is 16.5. The zero-order valence-corrected chi connectivity index (χ0v) is 15.2. The van der Waals surface area contributed by atoms with Gasteiger partial charge in [0.25, 0.3) is 0 Å². The lowest BCUT2D eigenvalue weighted by Crippen LogP contribution is -2.50. The summed E-state index contributed by atoms with van der Waals surface area (Å²) >= 11 is 0. The van der Waals surface area contributed by atoms with Gasteiger partial charge in [0.1, 0.15) is 12.4 Å². The molecule has 2 N–H and O–H groups in total. The zero-order valence-electron chi connectivity index (χ0n) is 15.2. The molecule has 3 amide bonds. The number of carbonyl (C=O) groups excluding carboxylic acids is 2. The number of carboxylic acids is 1. The van der Waals surface area contributed by atoms with Crippen LogP contribution in [-0.4, -0.2) is 71.6 Å². The van der Waals surface area contributed by atoms with Crippen molar-refractivity contribution in [2.24, 2.45) is 5.92 Å². The number of likely N-dealkylation sites (tertiary alicyclic amines) is 2. The smallest absolute Gasteiger partial charge is 0.317 e. The van der Waals surface area contributed by atoms with E-state index in [9.17, 15) is 14.4 Å². The molecule has 0 spiro atoms. The van der Waals surface area contributed by atoms with Gasteiger partial charge in [-0.15, -0.1) is 0 Å². The molecule has 1 aromatic rings. The van der Waals surface area contributed by atoms with Gasteiger partial charge < -0.3 is 25.0 Å². The molecule has 0 aliphatic carbocycles. The van der Waals surface area contributed by atoms with Crippen molar-refractivity contribution in [3.63, 3.8) is 0 Å². The summed E-state index contributed by atoms with van der Waals surface area (Å²) in [5.74, 6) is -0.638. The standard InChI is InChI=1S/C19H25N3O5/c23-17-11-15(13-21(17)9-10-27-16-6-2-1-3-7-16)20-19(26)22-8-4-5-14(12-22)18(24)25/h1-3,6-7,14-15H,4-5,8-13H2,(H,20,26)(H,24,25). The third kappa shape index (κ3) is 5.12. The van der Waals surface area contributed by atoms with Gasteiger partial charge in [0.2, 0.25) is 5.91 Å². The second-order valence-corrected chi connectivity index (χ2v) is 6.98. The zero-order chi connectivity index (χ0) is 19.2. The molecule has 2 heterocycles. The first-order valence-corrected chi connectivity index (χ1v) is 9.27. The van der Waals surface area contributed by atoms with E-state index in [-0.39, 0.29) is 30.9 Å². The fourth-order valence-electron chi connectivity index (χ4n) is 3.50. The number of hydrogen-bond donors (Lipinski definition) is 2. The highest BCUT2D eigenvalue weighted by Gasteiger charge is 2.33. The van der Waals surface area contributed by atoms with E-state index < -0.39 is 11.9 Å². The molecule has 8 nitrogen and oxygen atoms in total. The molecule has 1 aromatic carbocycles. The monoisotopic (exact) mass is 375 g/mol. The molecule has 3 rings (SSSR count). The average molecular weight is 375 g/mol. The van der Waals surface area contributed by atoms with Gasteiger partial charge in [-0.2, -0.15) is 0 Å². The minimum absolute atomic E-state index is 0.0148. The van der Waals surface area contributed by atoms with Gasteiger partial charge in [-0.25, -0.2) is 4.79 Å². The largest absolute Gasteiger partial charge is 0.492 e. The Labute approximate surface area is 158 Å². The third-order valence-electron chi connectivity index (χ3n) is 4.97. The van der Waals surface area contributed by atoms with Crippen LogP contribution in [0.1, 0.15) is 19.3 Å². The molecule has 2 unspecified atom stereocenters. The van der Waals surface area contributed by atoms with Crippen LogP contribution in [-0.2, 0) is 9.59 Å². The summed E-state index contributed by atoms with van der Waals surface area (Å²) in [4.78, 5) is 38.9. The highest BCUT2D eigenvalue weighted by molar-refractivity contribution is 5.82. The number of ether oxygens (including phenoxy) is 1. The van der Waals surface area contributed by atoms with Crippen molar-refractivity contribution in [1.29, 1.82) is 0 Å². The summed E-state index contributed by atoms with van der Waals surface area (Å²) in [6, 6.07) is 8.85. The van der Waals surface area contributed by atoms with Gasteiger partial charge in [-0.05, 0) is 25.0 Å². The predicted molar refractivity (Wildman–Crippen MR) is 97.4 cm³/mol. The second-order valence-electron chi connectivity index (χ2n) is 6.98. The normalized spacial score (nSPS) is 22.6. The summed E-state index contributed by atoms with van der Waals surface area (Å²) in [7, 11) is 0. The molecule has 146 valence electrons. The number of carboxylic acid groups (broad SMARTS) is 1. The van der Waals surface area contributed by atoms with Crippen LogP contribution in [0.5, 0.6) is 5.75 Å². The number of hydrogen-bond acceptors (Lipinski definition) is 4. The first kappa shape index (κ1) is 19.0. The molecule has 0 radical (unpaired) electrons. The van der Waals surface area contributed by atoms with Crippen molar-refractivity contribution in [3.8, 4) is 5.75 Å². The lowest BCUT2D eigenvalue weighted by atomic mass is 9.99. The van der Waals surface area contributed by atoms with Crippen LogP contribution in [0, 0.1) is 5.92 Å².